The number of hydrogen-bond acceptors (Lipinski definition) is 0. The summed E-state index contributed by atoms with van der Waals surface area (Å²) in [6.07, 6.45) is 16.8. The van der Waals surface area contributed by atoms with E-state index in [0.717, 1.165) is 12.8 Å². The highest BCUT2D eigenvalue weighted by Crippen LogP contribution is 2.36. The highest BCUT2D eigenvalue weighted by molar-refractivity contribution is 5.56. The minimum Gasteiger partial charge on any atom is -0.0798 e. The molecule has 0 heteroatoms. The third-order valence-corrected chi connectivity index (χ3v) is 3.57. The van der Waals surface area contributed by atoms with E-state index in [1.807, 2.05) is 0 Å². The average Bonchev–Trinajstić information content (AvgIpc) is 2.93. The molecule has 0 saturated carbocycles. The molecule has 0 N–H and O–H groups in total. The summed E-state index contributed by atoms with van der Waals surface area (Å²) in [4.78, 5) is 0. The third-order valence-electron chi connectivity index (χ3n) is 3.57. The van der Waals surface area contributed by atoms with E-state index in [2.05, 4.69) is 38.2 Å². The summed E-state index contributed by atoms with van der Waals surface area (Å²) in [5.41, 5.74) is 6.32. The zero-order chi connectivity index (χ0) is 11.4. The smallest absolute Gasteiger partial charge is 0.00856 e. The molecule has 2 rings (SSSR count). The van der Waals surface area contributed by atoms with E-state index in [0.29, 0.717) is 0 Å². The first-order valence-corrected chi connectivity index (χ1v) is 6.65. The Morgan fingerprint density at radius 3 is 2.81 bits per heavy atom. The van der Waals surface area contributed by atoms with Crippen LogP contribution in [0.1, 0.15) is 52.4 Å². The Labute approximate surface area is 99.4 Å². The van der Waals surface area contributed by atoms with Crippen molar-refractivity contribution in [3.05, 3.63) is 46.6 Å². The van der Waals surface area contributed by atoms with Crippen LogP contribution in [0.2, 0.25) is 0 Å². The van der Waals surface area contributed by atoms with E-state index in [-0.39, 0.29) is 0 Å². The zero-order valence-corrected chi connectivity index (χ0v) is 10.6. The van der Waals surface area contributed by atoms with E-state index < -0.39 is 0 Å². The molecule has 16 heavy (non-hydrogen) atoms. The van der Waals surface area contributed by atoms with Crippen LogP contribution in [0.15, 0.2) is 46.6 Å². The Bertz CT molecular complexity index is 375. The Hall–Kier alpha value is -1.04. The molecule has 0 nitrogen and oxygen atoms in total. The lowest BCUT2D eigenvalue weighted by Gasteiger charge is -2.12. The van der Waals surface area contributed by atoms with Crippen molar-refractivity contribution in [1.29, 1.82) is 0 Å². The maximum absolute atomic E-state index is 2.42. The van der Waals surface area contributed by atoms with E-state index in [1.165, 1.54) is 25.7 Å². The van der Waals surface area contributed by atoms with Gasteiger partial charge in [0.05, 0.1) is 0 Å². The lowest BCUT2D eigenvalue weighted by atomic mass is 9.93. The van der Waals surface area contributed by atoms with Gasteiger partial charge < -0.3 is 0 Å². The lowest BCUT2D eigenvalue weighted by Crippen LogP contribution is -1.93. The third kappa shape index (κ3) is 2.21. The van der Waals surface area contributed by atoms with Crippen LogP contribution >= 0.6 is 0 Å². The molecule has 0 fully saturated rings. The second-order valence-electron chi connectivity index (χ2n) is 4.65. The molecule has 0 heterocycles. The van der Waals surface area contributed by atoms with E-state index in [1.54, 1.807) is 22.3 Å². The Morgan fingerprint density at radius 1 is 1.19 bits per heavy atom. The number of rotatable bonds is 5. The topological polar surface area (TPSA) is 0 Å². The van der Waals surface area contributed by atoms with Crippen LogP contribution in [0.3, 0.4) is 0 Å². The summed E-state index contributed by atoms with van der Waals surface area (Å²) >= 11 is 0. The van der Waals surface area contributed by atoms with Gasteiger partial charge in [-0.05, 0) is 54.4 Å². The van der Waals surface area contributed by atoms with Crippen molar-refractivity contribution in [3.63, 3.8) is 0 Å². The normalized spacial score (nSPS) is 19.4. The SMILES string of the molecule is CCCCC1=CCC=C1C1=C(CC)C=CC1. The molecule has 0 spiro atoms. The molecule has 86 valence electrons. The molecule has 0 unspecified atom stereocenters. The van der Waals surface area contributed by atoms with Crippen molar-refractivity contribution >= 4 is 0 Å². The van der Waals surface area contributed by atoms with Gasteiger partial charge in [-0.15, -0.1) is 0 Å². The minimum atomic E-state index is 1.15. The Balaban J connectivity index is 2.13. The molecule has 0 atom stereocenters. The van der Waals surface area contributed by atoms with Gasteiger partial charge in [-0.2, -0.15) is 0 Å². The molecule has 0 radical (unpaired) electrons. The molecular formula is C16H22. The van der Waals surface area contributed by atoms with Crippen molar-refractivity contribution in [2.24, 2.45) is 0 Å². The van der Waals surface area contributed by atoms with Gasteiger partial charge in [0, 0.05) is 0 Å². The summed E-state index contributed by atoms with van der Waals surface area (Å²) in [7, 11) is 0. The second-order valence-corrected chi connectivity index (χ2v) is 4.65. The molecule has 0 saturated heterocycles. The van der Waals surface area contributed by atoms with Crippen molar-refractivity contribution in [3.8, 4) is 0 Å². The summed E-state index contributed by atoms with van der Waals surface area (Å²) in [6, 6.07) is 0. The van der Waals surface area contributed by atoms with Gasteiger partial charge in [-0.25, -0.2) is 0 Å². The first-order valence-electron chi connectivity index (χ1n) is 6.65. The number of allylic oxidation sites excluding steroid dienone is 8. The molecule has 0 aromatic rings. The molecule has 0 aromatic carbocycles. The first kappa shape index (κ1) is 11.4. The molecular weight excluding hydrogens is 192 g/mol. The van der Waals surface area contributed by atoms with E-state index >= 15 is 0 Å². The summed E-state index contributed by atoms with van der Waals surface area (Å²) in [6.45, 7) is 4.53. The molecule has 0 bridgehead atoms. The molecule has 0 aliphatic heterocycles. The van der Waals surface area contributed by atoms with Crippen LogP contribution in [0.5, 0.6) is 0 Å². The number of unbranched alkanes of at least 4 members (excludes halogenated alkanes) is 1. The standard InChI is InChI=1S/C16H22/c1-3-5-8-14-10-7-12-16(14)15-11-6-9-13(15)4-2/h6,9-10,12H,3-5,7-8,11H2,1-2H3. The maximum Gasteiger partial charge on any atom is -0.00856 e. The highest BCUT2D eigenvalue weighted by atomic mass is 14.2. The highest BCUT2D eigenvalue weighted by Gasteiger charge is 2.17. The average molecular weight is 214 g/mol. The van der Waals surface area contributed by atoms with Crippen molar-refractivity contribution in [2.45, 2.75) is 52.4 Å². The van der Waals surface area contributed by atoms with Gasteiger partial charge in [0.1, 0.15) is 0 Å². The van der Waals surface area contributed by atoms with Crippen LogP contribution in [0.4, 0.5) is 0 Å². The Kier molecular flexibility index (Phi) is 3.82. The largest absolute Gasteiger partial charge is 0.0798 e. The van der Waals surface area contributed by atoms with Crippen LogP contribution in [-0.4, -0.2) is 0 Å². The molecule has 0 amide bonds. The van der Waals surface area contributed by atoms with Crippen LogP contribution in [0, 0.1) is 0 Å². The quantitative estimate of drug-likeness (QED) is 0.597. The van der Waals surface area contributed by atoms with E-state index in [4.69, 9.17) is 0 Å². The van der Waals surface area contributed by atoms with Gasteiger partial charge in [-0.1, -0.05) is 44.6 Å². The second kappa shape index (κ2) is 5.34. The summed E-state index contributed by atoms with van der Waals surface area (Å²) in [5.74, 6) is 0. The molecule has 0 aromatic heterocycles. The predicted octanol–water partition coefficient (Wildman–Crippen LogP) is 5.10. The van der Waals surface area contributed by atoms with Crippen molar-refractivity contribution in [1.82, 2.24) is 0 Å². The van der Waals surface area contributed by atoms with Gasteiger partial charge in [0.2, 0.25) is 0 Å². The van der Waals surface area contributed by atoms with Crippen molar-refractivity contribution < 1.29 is 0 Å². The van der Waals surface area contributed by atoms with Gasteiger partial charge in [0.15, 0.2) is 0 Å². The van der Waals surface area contributed by atoms with Gasteiger partial charge in [-0.3, -0.25) is 0 Å². The fourth-order valence-electron chi connectivity index (χ4n) is 2.65. The monoisotopic (exact) mass is 214 g/mol. The zero-order valence-electron chi connectivity index (χ0n) is 10.6. The predicted molar refractivity (Wildman–Crippen MR) is 71.4 cm³/mol. The summed E-state index contributed by atoms with van der Waals surface area (Å²) in [5, 5.41) is 0. The maximum atomic E-state index is 2.42. The van der Waals surface area contributed by atoms with Crippen molar-refractivity contribution in [2.75, 3.05) is 0 Å². The van der Waals surface area contributed by atoms with E-state index in [9.17, 15) is 0 Å². The fourth-order valence-corrected chi connectivity index (χ4v) is 2.65. The Morgan fingerprint density at radius 2 is 2.06 bits per heavy atom. The van der Waals surface area contributed by atoms with Gasteiger partial charge in [0.25, 0.3) is 0 Å². The van der Waals surface area contributed by atoms with Crippen LogP contribution in [0.25, 0.3) is 0 Å². The lowest BCUT2D eigenvalue weighted by molar-refractivity contribution is 0.792. The minimum absolute atomic E-state index is 1.15. The fraction of sp³-hybridized carbons (Fsp3) is 0.500. The molecule has 2 aliphatic carbocycles. The first-order chi connectivity index (χ1) is 7.86. The molecule has 2 aliphatic rings. The van der Waals surface area contributed by atoms with Gasteiger partial charge >= 0.3 is 0 Å². The van der Waals surface area contributed by atoms with Crippen LogP contribution < -0.4 is 0 Å². The summed E-state index contributed by atoms with van der Waals surface area (Å²) < 4.78 is 0. The van der Waals surface area contributed by atoms with Crippen LogP contribution in [-0.2, 0) is 0 Å². The number of hydrogen-bond donors (Lipinski definition) is 0.